The van der Waals surface area contributed by atoms with E-state index in [0.717, 1.165) is 0 Å². The molecule has 0 saturated carbocycles. The third kappa shape index (κ3) is 3.81. The van der Waals surface area contributed by atoms with E-state index in [9.17, 15) is 9.90 Å². The lowest BCUT2D eigenvalue weighted by atomic mass is 9.99. The normalized spacial score (nSPS) is 14.4. The van der Waals surface area contributed by atoms with Crippen LogP contribution in [0.3, 0.4) is 0 Å². The molecule has 0 amide bonds. The van der Waals surface area contributed by atoms with Crippen LogP contribution in [0.1, 0.15) is 24.5 Å². The average Bonchev–Trinajstić information content (AvgIpc) is 2.26. The van der Waals surface area contributed by atoms with E-state index in [1.54, 1.807) is 24.3 Å². The van der Waals surface area contributed by atoms with Crippen LogP contribution in [0.5, 0.6) is 0 Å². The molecule has 0 fully saturated rings. The van der Waals surface area contributed by atoms with E-state index >= 15 is 0 Å². The first-order valence-corrected chi connectivity index (χ1v) is 5.29. The second-order valence-corrected chi connectivity index (χ2v) is 4.03. The maximum atomic E-state index is 10.4. The van der Waals surface area contributed by atoms with Crippen LogP contribution in [0.4, 0.5) is 0 Å². The molecule has 16 heavy (non-hydrogen) atoms. The highest BCUT2D eigenvalue weighted by Crippen LogP contribution is 2.20. The first-order valence-electron chi connectivity index (χ1n) is 4.91. The van der Waals surface area contributed by atoms with Gasteiger partial charge in [0.2, 0.25) is 0 Å². The van der Waals surface area contributed by atoms with Crippen LogP contribution in [0, 0.1) is 0 Å². The van der Waals surface area contributed by atoms with Gasteiger partial charge in [0.15, 0.2) is 0 Å². The summed E-state index contributed by atoms with van der Waals surface area (Å²) in [5.41, 5.74) is 6.33. The van der Waals surface area contributed by atoms with Crippen molar-refractivity contribution in [3.63, 3.8) is 0 Å². The number of carboxylic acids is 1. The Morgan fingerprint density at radius 2 is 1.94 bits per heavy atom. The van der Waals surface area contributed by atoms with Gasteiger partial charge in [-0.15, -0.1) is 0 Å². The summed E-state index contributed by atoms with van der Waals surface area (Å²) in [4.78, 5) is 10.4. The summed E-state index contributed by atoms with van der Waals surface area (Å²) < 4.78 is 0. The highest BCUT2D eigenvalue weighted by molar-refractivity contribution is 6.30. The van der Waals surface area contributed by atoms with Gasteiger partial charge in [-0.3, -0.25) is 4.79 Å². The SMILES string of the molecule is NC(CCC(=O)O)C(O)c1ccc(Cl)cc1. The quantitative estimate of drug-likeness (QED) is 0.733. The lowest BCUT2D eigenvalue weighted by Crippen LogP contribution is -2.29. The molecule has 0 aliphatic carbocycles. The summed E-state index contributed by atoms with van der Waals surface area (Å²) in [5.74, 6) is -0.918. The van der Waals surface area contributed by atoms with Gasteiger partial charge < -0.3 is 15.9 Å². The largest absolute Gasteiger partial charge is 0.481 e. The minimum atomic E-state index is -0.918. The smallest absolute Gasteiger partial charge is 0.303 e. The summed E-state index contributed by atoms with van der Waals surface area (Å²) in [6, 6.07) is 6.08. The van der Waals surface area contributed by atoms with E-state index in [0.29, 0.717) is 10.6 Å². The van der Waals surface area contributed by atoms with Crippen LogP contribution in [0.25, 0.3) is 0 Å². The highest BCUT2D eigenvalue weighted by atomic mass is 35.5. The Balaban J connectivity index is 2.59. The van der Waals surface area contributed by atoms with E-state index in [-0.39, 0.29) is 12.8 Å². The molecule has 5 heteroatoms. The van der Waals surface area contributed by atoms with Crippen LogP contribution >= 0.6 is 11.6 Å². The molecular formula is C11H14ClNO3. The molecule has 0 aliphatic rings. The molecule has 1 aromatic rings. The number of aliphatic hydroxyl groups excluding tert-OH is 1. The fourth-order valence-electron chi connectivity index (χ4n) is 1.36. The molecule has 0 bridgehead atoms. The van der Waals surface area contributed by atoms with Gasteiger partial charge in [0, 0.05) is 17.5 Å². The van der Waals surface area contributed by atoms with E-state index < -0.39 is 18.1 Å². The Bertz CT molecular complexity index is 353. The van der Waals surface area contributed by atoms with Crippen LogP contribution in [-0.2, 0) is 4.79 Å². The molecule has 1 rings (SSSR count). The predicted octanol–water partition coefficient (Wildman–Crippen LogP) is 1.57. The zero-order valence-corrected chi connectivity index (χ0v) is 9.39. The average molecular weight is 244 g/mol. The van der Waals surface area contributed by atoms with Crippen LogP contribution in [0.15, 0.2) is 24.3 Å². The third-order valence-corrected chi connectivity index (χ3v) is 2.56. The summed E-state index contributed by atoms with van der Waals surface area (Å²) in [6.45, 7) is 0. The van der Waals surface area contributed by atoms with Crippen molar-refractivity contribution < 1.29 is 15.0 Å². The maximum absolute atomic E-state index is 10.4. The number of hydrogen-bond acceptors (Lipinski definition) is 3. The van der Waals surface area contributed by atoms with Crippen LogP contribution < -0.4 is 5.73 Å². The monoisotopic (exact) mass is 243 g/mol. The zero-order chi connectivity index (χ0) is 12.1. The number of rotatable bonds is 5. The zero-order valence-electron chi connectivity index (χ0n) is 8.64. The van der Waals surface area contributed by atoms with Crippen molar-refractivity contribution in [2.75, 3.05) is 0 Å². The lowest BCUT2D eigenvalue weighted by Gasteiger charge is -2.18. The minimum Gasteiger partial charge on any atom is -0.481 e. The van der Waals surface area contributed by atoms with Gasteiger partial charge in [-0.05, 0) is 24.1 Å². The van der Waals surface area contributed by atoms with E-state index in [1.807, 2.05) is 0 Å². The van der Waals surface area contributed by atoms with Crippen molar-refractivity contribution in [1.29, 1.82) is 0 Å². The lowest BCUT2D eigenvalue weighted by molar-refractivity contribution is -0.137. The second kappa shape index (κ2) is 5.84. The van der Waals surface area contributed by atoms with Crippen LogP contribution in [0.2, 0.25) is 5.02 Å². The van der Waals surface area contributed by atoms with Gasteiger partial charge in [0.05, 0.1) is 6.10 Å². The van der Waals surface area contributed by atoms with Crippen molar-refractivity contribution in [2.24, 2.45) is 5.73 Å². The van der Waals surface area contributed by atoms with E-state index in [4.69, 9.17) is 22.4 Å². The van der Waals surface area contributed by atoms with Gasteiger partial charge in [0.25, 0.3) is 0 Å². The Morgan fingerprint density at radius 3 is 2.44 bits per heavy atom. The van der Waals surface area contributed by atoms with Crippen molar-refractivity contribution in [3.8, 4) is 0 Å². The molecule has 0 radical (unpaired) electrons. The molecule has 1 aromatic carbocycles. The van der Waals surface area contributed by atoms with E-state index in [1.165, 1.54) is 0 Å². The Kier molecular flexibility index (Phi) is 4.73. The number of aliphatic hydroxyl groups is 1. The number of aliphatic carboxylic acids is 1. The van der Waals surface area contributed by atoms with E-state index in [2.05, 4.69) is 0 Å². The molecule has 4 nitrogen and oxygen atoms in total. The number of benzene rings is 1. The molecular weight excluding hydrogens is 230 g/mol. The standard InChI is InChI=1S/C11H14ClNO3/c12-8-3-1-7(2-4-8)11(16)9(13)5-6-10(14)15/h1-4,9,11,16H,5-6,13H2,(H,14,15). The molecule has 88 valence electrons. The predicted molar refractivity (Wildman–Crippen MR) is 61.3 cm³/mol. The first-order chi connectivity index (χ1) is 7.50. The number of nitrogens with two attached hydrogens (primary N) is 1. The summed E-state index contributed by atoms with van der Waals surface area (Å²) in [6.07, 6.45) is -0.679. The van der Waals surface area contributed by atoms with Gasteiger partial charge in [-0.2, -0.15) is 0 Å². The molecule has 0 aliphatic heterocycles. The number of halogens is 1. The Labute approximate surface area is 98.6 Å². The number of hydrogen-bond donors (Lipinski definition) is 3. The van der Waals surface area contributed by atoms with Gasteiger partial charge in [-0.1, -0.05) is 23.7 Å². The fraction of sp³-hybridized carbons (Fsp3) is 0.364. The van der Waals surface area contributed by atoms with Gasteiger partial charge in [-0.25, -0.2) is 0 Å². The van der Waals surface area contributed by atoms with Gasteiger partial charge in [0.1, 0.15) is 0 Å². The minimum absolute atomic E-state index is 0.0498. The first kappa shape index (κ1) is 13.0. The number of carbonyl (C=O) groups is 1. The molecule has 4 N–H and O–H groups in total. The summed E-state index contributed by atoms with van der Waals surface area (Å²) >= 11 is 5.71. The highest BCUT2D eigenvalue weighted by Gasteiger charge is 2.17. The van der Waals surface area contributed by atoms with Crippen molar-refractivity contribution in [2.45, 2.75) is 25.0 Å². The maximum Gasteiger partial charge on any atom is 0.303 e. The molecule has 2 atom stereocenters. The summed E-state index contributed by atoms with van der Waals surface area (Å²) in [5, 5.41) is 18.9. The fourth-order valence-corrected chi connectivity index (χ4v) is 1.48. The van der Waals surface area contributed by atoms with Crippen molar-refractivity contribution >= 4 is 17.6 Å². The summed E-state index contributed by atoms with van der Waals surface area (Å²) in [7, 11) is 0. The molecule has 0 spiro atoms. The Hall–Kier alpha value is -1.10. The molecule has 0 heterocycles. The molecule has 2 unspecified atom stereocenters. The Morgan fingerprint density at radius 1 is 1.38 bits per heavy atom. The van der Waals surface area contributed by atoms with Crippen molar-refractivity contribution in [1.82, 2.24) is 0 Å². The second-order valence-electron chi connectivity index (χ2n) is 3.59. The molecule has 0 saturated heterocycles. The van der Waals surface area contributed by atoms with Crippen LogP contribution in [-0.4, -0.2) is 22.2 Å². The van der Waals surface area contributed by atoms with Crippen molar-refractivity contribution in [3.05, 3.63) is 34.9 Å². The topological polar surface area (TPSA) is 83.6 Å². The van der Waals surface area contributed by atoms with Gasteiger partial charge >= 0.3 is 5.97 Å². The third-order valence-electron chi connectivity index (χ3n) is 2.31. The number of carboxylic acid groups (broad SMARTS) is 1. The molecule has 0 aromatic heterocycles.